The van der Waals surface area contributed by atoms with E-state index in [9.17, 15) is 4.79 Å². The molecule has 3 nitrogen and oxygen atoms in total. The number of aryl methyl sites for hydroxylation is 1. The maximum absolute atomic E-state index is 12.2. The summed E-state index contributed by atoms with van der Waals surface area (Å²) in [4.78, 5) is 12.2. The van der Waals surface area contributed by atoms with Crippen molar-refractivity contribution in [2.24, 2.45) is 0 Å². The van der Waals surface area contributed by atoms with Gasteiger partial charge in [0, 0.05) is 28.0 Å². The molecule has 2 aromatic carbocycles. The predicted octanol–water partition coefficient (Wildman–Crippen LogP) is 4.06. The molecule has 0 unspecified atom stereocenters. The molecule has 0 bridgehead atoms. The van der Waals surface area contributed by atoms with Gasteiger partial charge in [0.05, 0.1) is 0 Å². The van der Waals surface area contributed by atoms with Crippen LogP contribution in [0.4, 0.5) is 11.4 Å². The Morgan fingerprint density at radius 1 is 1.20 bits per heavy atom. The highest BCUT2D eigenvalue weighted by Crippen LogP contribution is 2.25. The Balaban J connectivity index is 1.79. The number of fused-ring (bicyclic) bond motifs is 1. The summed E-state index contributed by atoms with van der Waals surface area (Å²) in [5.74, 6) is -0.0953. The Kier molecular flexibility index (Phi) is 3.74. The van der Waals surface area contributed by atoms with Crippen LogP contribution in [0.15, 0.2) is 46.9 Å². The van der Waals surface area contributed by atoms with Gasteiger partial charge in [-0.05, 0) is 48.7 Å². The van der Waals surface area contributed by atoms with Crippen LogP contribution in [0, 0.1) is 0 Å². The van der Waals surface area contributed by atoms with E-state index in [0.29, 0.717) is 5.56 Å². The first-order chi connectivity index (χ1) is 9.72. The third-order valence-corrected chi connectivity index (χ3v) is 3.89. The topological polar surface area (TPSA) is 41.1 Å². The fourth-order valence-corrected chi connectivity index (χ4v) is 2.77. The van der Waals surface area contributed by atoms with E-state index in [1.807, 2.05) is 30.3 Å². The number of hydrogen-bond donors (Lipinski definition) is 2. The molecular formula is C16H15BrN2O. The fraction of sp³-hybridized carbons (Fsp3) is 0.188. The second-order valence-corrected chi connectivity index (χ2v) is 5.78. The van der Waals surface area contributed by atoms with E-state index < -0.39 is 0 Å². The van der Waals surface area contributed by atoms with Gasteiger partial charge >= 0.3 is 0 Å². The Labute approximate surface area is 126 Å². The quantitative estimate of drug-likeness (QED) is 0.871. The normalized spacial score (nSPS) is 13.2. The van der Waals surface area contributed by atoms with E-state index in [2.05, 4.69) is 32.6 Å². The highest BCUT2D eigenvalue weighted by atomic mass is 79.9. The maximum atomic E-state index is 12.2. The molecule has 0 fully saturated rings. The molecule has 0 atom stereocenters. The van der Waals surface area contributed by atoms with Crippen molar-refractivity contribution in [3.05, 3.63) is 58.1 Å². The summed E-state index contributed by atoms with van der Waals surface area (Å²) in [6.07, 6.45) is 2.26. The molecule has 2 aromatic rings. The van der Waals surface area contributed by atoms with E-state index in [4.69, 9.17) is 0 Å². The average molecular weight is 331 g/mol. The molecule has 1 amide bonds. The fourth-order valence-electron chi connectivity index (χ4n) is 2.37. The number of nitrogens with one attached hydrogen (secondary N) is 2. The van der Waals surface area contributed by atoms with Crippen LogP contribution in [0.3, 0.4) is 0 Å². The lowest BCUT2D eigenvalue weighted by atomic mass is 10.0. The molecule has 2 N–H and O–H groups in total. The molecule has 0 radical (unpaired) electrons. The summed E-state index contributed by atoms with van der Waals surface area (Å²) in [7, 11) is 0. The van der Waals surface area contributed by atoms with Gasteiger partial charge in [-0.1, -0.05) is 28.1 Å². The van der Waals surface area contributed by atoms with Crippen LogP contribution in [-0.2, 0) is 6.42 Å². The first kappa shape index (κ1) is 13.2. The monoisotopic (exact) mass is 330 g/mol. The van der Waals surface area contributed by atoms with E-state index in [1.54, 1.807) is 6.07 Å². The summed E-state index contributed by atoms with van der Waals surface area (Å²) in [5, 5.41) is 6.30. The van der Waals surface area contributed by atoms with Gasteiger partial charge in [-0.2, -0.15) is 0 Å². The van der Waals surface area contributed by atoms with E-state index in [-0.39, 0.29) is 5.91 Å². The van der Waals surface area contributed by atoms with Crippen molar-refractivity contribution in [1.82, 2.24) is 0 Å². The van der Waals surface area contributed by atoms with Crippen LogP contribution >= 0.6 is 15.9 Å². The van der Waals surface area contributed by atoms with Crippen molar-refractivity contribution >= 4 is 33.2 Å². The first-order valence-electron chi connectivity index (χ1n) is 6.66. The molecule has 1 heterocycles. The number of anilines is 2. The third-order valence-electron chi connectivity index (χ3n) is 3.39. The van der Waals surface area contributed by atoms with Crippen molar-refractivity contribution in [3.8, 4) is 0 Å². The van der Waals surface area contributed by atoms with Crippen molar-refractivity contribution in [2.45, 2.75) is 12.8 Å². The molecule has 20 heavy (non-hydrogen) atoms. The molecule has 0 aliphatic carbocycles. The van der Waals surface area contributed by atoms with Crippen LogP contribution in [0.5, 0.6) is 0 Å². The Morgan fingerprint density at radius 3 is 2.95 bits per heavy atom. The zero-order valence-corrected chi connectivity index (χ0v) is 12.5. The molecule has 1 aliphatic heterocycles. The molecule has 0 saturated carbocycles. The van der Waals surface area contributed by atoms with Gasteiger partial charge in [0.1, 0.15) is 0 Å². The SMILES string of the molecule is O=C(Nc1ccc2c(c1)NCCC2)c1cccc(Br)c1. The summed E-state index contributed by atoms with van der Waals surface area (Å²) >= 11 is 3.38. The lowest BCUT2D eigenvalue weighted by Gasteiger charge is -2.18. The summed E-state index contributed by atoms with van der Waals surface area (Å²) in [5.41, 5.74) is 3.91. The molecular weight excluding hydrogens is 316 g/mol. The van der Waals surface area contributed by atoms with Gasteiger partial charge in [-0.25, -0.2) is 0 Å². The molecule has 1 aliphatic rings. The average Bonchev–Trinajstić information content (AvgIpc) is 2.47. The van der Waals surface area contributed by atoms with Gasteiger partial charge in [0.2, 0.25) is 0 Å². The van der Waals surface area contributed by atoms with Crippen LogP contribution in [-0.4, -0.2) is 12.5 Å². The standard InChI is InChI=1S/C16H15BrN2O/c17-13-5-1-3-12(9-13)16(20)19-14-7-6-11-4-2-8-18-15(11)10-14/h1,3,5-7,9-10,18H,2,4,8H2,(H,19,20). The van der Waals surface area contributed by atoms with Crippen molar-refractivity contribution in [1.29, 1.82) is 0 Å². The number of amides is 1. The second-order valence-electron chi connectivity index (χ2n) is 4.87. The lowest BCUT2D eigenvalue weighted by Crippen LogP contribution is -2.14. The number of hydrogen-bond acceptors (Lipinski definition) is 2. The Hall–Kier alpha value is -1.81. The van der Waals surface area contributed by atoms with E-state index >= 15 is 0 Å². The molecule has 3 rings (SSSR count). The van der Waals surface area contributed by atoms with Gasteiger partial charge in [0.25, 0.3) is 5.91 Å². The Morgan fingerprint density at radius 2 is 2.10 bits per heavy atom. The largest absolute Gasteiger partial charge is 0.385 e. The lowest BCUT2D eigenvalue weighted by molar-refractivity contribution is 0.102. The maximum Gasteiger partial charge on any atom is 0.255 e. The molecule has 0 aromatic heterocycles. The van der Waals surface area contributed by atoms with Gasteiger partial charge in [-0.3, -0.25) is 4.79 Å². The number of carbonyl (C=O) groups is 1. The smallest absolute Gasteiger partial charge is 0.255 e. The number of carbonyl (C=O) groups excluding carboxylic acids is 1. The predicted molar refractivity (Wildman–Crippen MR) is 85.3 cm³/mol. The highest BCUT2D eigenvalue weighted by molar-refractivity contribution is 9.10. The van der Waals surface area contributed by atoms with Gasteiger partial charge in [0.15, 0.2) is 0 Å². The minimum absolute atomic E-state index is 0.0953. The summed E-state index contributed by atoms with van der Waals surface area (Å²) in [6.45, 7) is 0.996. The van der Waals surface area contributed by atoms with Crippen LogP contribution in [0.2, 0.25) is 0 Å². The highest BCUT2D eigenvalue weighted by Gasteiger charge is 2.11. The first-order valence-corrected chi connectivity index (χ1v) is 7.45. The summed E-state index contributed by atoms with van der Waals surface area (Å²) < 4.78 is 0.900. The zero-order chi connectivity index (χ0) is 13.9. The molecule has 0 spiro atoms. The van der Waals surface area contributed by atoms with Crippen molar-refractivity contribution in [2.75, 3.05) is 17.2 Å². The third kappa shape index (κ3) is 2.85. The van der Waals surface area contributed by atoms with Crippen molar-refractivity contribution < 1.29 is 4.79 Å². The van der Waals surface area contributed by atoms with Gasteiger partial charge < -0.3 is 10.6 Å². The van der Waals surface area contributed by atoms with Crippen LogP contribution in [0.1, 0.15) is 22.3 Å². The Bertz CT molecular complexity index is 655. The van der Waals surface area contributed by atoms with Gasteiger partial charge in [-0.15, -0.1) is 0 Å². The minimum Gasteiger partial charge on any atom is -0.385 e. The summed E-state index contributed by atoms with van der Waals surface area (Å²) in [6, 6.07) is 13.4. The zero-order valence-electron chi connectivity index (χ0n) is 10.9. The second kappa shape index (κ2) is 5.67. The van der Waals surface area contributed by atoms with Crippen LogP contribution < -0.4 is 10.6 Å². The van der Waals surface area contributed by atoms with Crippen LogP contribution in [0.25, 0.3) is 0 Å². The molecule has 0 saturated heterocycles. The number of benzene rings is 2. The van der Waals surface area contributed by atoms with Crippen molar-refractivity contribution in [3.63, 3.8) is 0 Å². The van der Waals surface area contributed by atoms with E-state index in [1.165, 1.54) is 5.56 Å². The number of rotatable bonds is 2. The van der Waals surface area contributed by atoms with E-state index in [0.717, 1.165) is 35.2 Å². The molecule has 102 valence electrons. The molecule has 4 heteroatoms. The number of halogens is 1. The minimum atomic E-state index is -0.0953.